The number of carbonyl (C=O) groups excluding carboxylic acids is 1. The maximum absolute atomic E-state index is 12.5. The number of likely N-dealkylation sites (tertiary alicyclic amines) is 1. The van der Waals surface area contributed by atoms with Gasteiger partial charge in [0.1, 0.15) is 11.9 Å². The van der Waals surface area contributed by atoms with Crippen LogP contribution in [0.4, 0.5) is 0 Å². The number of fused-ring (bicyclic) bond motifs is 1. The highest BCUT2D eigenvalue weighted by atomic mass is 32.1. The molecule has 1 saturated heterocycles. The minimum atomic E-state index is 0.163. The minimum Gasteiger partial charge on any atom is -0.490 e. The highest BCUT2D eigenvalue weighted by molar-refractivity contribution is 7.11. The number of aromatic nitrogens is 2. The third-order valence-corrected chi connectivity index (χ3v) is 5.88. The van der Waals surface area contributed by atoms with Crippen molar-refractivity contribution in [1.82, 2.24) is 14.5 Å². The Morgan fingerprint density at radius 3 is 2.85 bits per heavy atom. The van der Waals surface area contributed by atoms with Crippen molar-refractivity contribution >= 4 is 28.1 Å². The molecule has 0 bridgehead atoms. The van der Waals surface area contributed by atoms with Gasteiger partial charge in [0.25, 0.3) is 0 Å². The lowest BCUT2D eigenvalue weighted by Crippen LogP contribution is -2.42. The van der Waals surface area contributed by atoms with Crippen molar-refractivity contribution in [2.24, 2.45) is 7.05 Å². The largest absolute Gasteiger partial charge is 0.490 e. The Labute approximate surface area is 157 Å². The van der Waals surface area contributed by atoms with Crippen LogP contribution in [0.1, 0.15) is 22.7 Å². The van der Waals surface area contributed by atoms with Crippen molar-refractivity contribution in [3.63, 3.8) is 0 Å². The van der Waals surface area contributed by atoms with E-state index in [1.165, 1.54) is 5.52 Å². The summed E-state index contributed by atoms with van der Waals surface area (Å²) in [6, 6.07) is 8.27. The van der Waals surface area contributed by atoms with E-state index in [2.05, 4.69) is 27.9 Å². The van der Waals surface area contributed by atoms with Gasteiger partial charge in [-0.3, -0.25) is 4.79 Å². The SMILES string of the molecule is Cc1ncc(CC(=O)N2CCC(Oc3cccc4c3ccn4C)CC2)s1. The van der Waals surface area contributed by atoms with Crippen molar-refractivity contribution in [2.75, 3.05) is 13.1 Å². The van der Waals surface area contributed by atoms with Crippen LogP contribution in [0, 0.1) is 6.92 Å². The summed E-state index contributed by atoms with van der Waals surface area (Å²) in [5, 5.41) is 2.16. The molecule has 0 radical (unpaired) electrons. The molecule has 0 saturated carbocycles. The van der Waals surface area contributed by atoms with Gasteiger partial charge in [-0.1, -0.05) is 6.07 Å². The zero-order chi connectivity index (χ0) is 18.1. The summed E-state index contributed by atoms with van der Waals surface area (Å²) in [5.41, 5.74) is 1.18. The first-order valence-corrected chi connectivity index (χ1v) is 9.81. The Morgan fingerprint density at radius 2 is 2.12 bits per heavy atom. The van der Waals surface area contributed by atoms with Crippen LogP contribution in [0.2, 0.25) is 0 Å². The number of aryl methyl sites for hydroxylation is 2. The van der Waals surface area contributed by atoms with Crippen LogP contribution >= 0.6 is 11.3 Å². The minimum absolute atomic E-state index is 0.163. The Kier molecular flexibility index (Phi) is 4.68. The second kappa shape index (κ2) is 7.11. The first-order chi connectivity index (χ1) is 12.6. The van der Waals surface area contributed by atoms with E-state index in [4.69, 9.17) is 4.74 Å². The van der Waals surface area contributed by atoms with Crippen molar-refractivity contribution in [1.29, 1.82) is 0 Å². The smallest absolute Gasteiger partial charge is 0.227 e. The molecule has 6 heteroatoms. The second-order valence-corrected chi connectivity index (χ2v) is 8.16. The third-order valence-electron chi connectivity index (χ3n) is 4.97. The van der Waals surface area contributed by atoms with Gasteiger partial charge in [-0.25, -0.2) is 4.98 Å². The number of ether oxygens (including phenoxy) is 1. The molecular formula is C20H23N3O2S. The molecule has 0 atom stereocenters. The van der Waals surface area contributed by atoms with Gasteiger partial charge in [0, 0.05) is 55.6 Å². The van der Waals surface area contributed by atoms with E-state index in [0.29, 0.717) is 6.42 Å². The molecule has 136 valence electrons. The van der Waals surface area contributed by atoms with E-state index in [-0.39, 0.29) is 12.0 Å². The van der Waals surface area contributed by atoms with E-state index < -0.39 is 0 Å². The molecule has 5 nitrogen and oxygen atoms in total. The van der Waals surface area contributed by atoms with Crippen LogP contribution in [-0.2, 0) is 18.3 Å². The van der Waals surface area contributed by atoms with Gasteiger partial charge in [-0.05, 0) is 25.1 Å². The summed E-state index contributed by atoms with van der Waals surface area (Å²) in [4.78, 5) is 19.7. The monoisotopic (exact) mass is 369 g/mol. The van der Waals surface area contributed by atoms with Crippen LogP contribution in [0.3, 0.4) is 0 Å². The molecule has 26 heavy (non-hydrogen) atoms. The van der Waals surface area contributed by atoms with Crippen molar-refractivity contribution in [2.45, 2.75) is 32.3 Å². The standard InChI is InChI=1S/C20H23N3O2S/c1-14-21-13-16(26-14)12-20(24)23-10-6-15(7-11-23)25-19-5-3-4-18-17(19)8-9-22(18)2/h3-5,8-9,13,15H,6-7,10-12H2,1-2H3. The van der Waals surface area contributed by atoms with Crippen molar-refractivity contribution < 1.29 is 9.53 Å². The molecule has 0 N–H and O–H groups in total. The zero-order valence-electron chi connectivity index (χ0n) is 15.1. The summed E-state index contributed by atoms with van der Waals surface area (Å²) < 4.78 is 8.37. The molecule has 0 aliphatic carbocycles. The van der Waals surface area contributed by atoms with Gasteiger partial charge < -0.3 is 14.2 Å². The molecule has 1 aliphatic heterocycles. The van der Waals surface area contributed by atoms with Gasteiger partial charge in [0.05, 0.1) is 16.9 Å². The van der Waals surface area contributed by atoms with E-state index in [0.717, 1.165) is 47.0 Å². The van der Waals surface area contributed by atoms with E-state index in [1.54, 1.807) is 11.3 Å². The van der Waals surface area contributed by atoms with Gasteiger partial charge in [0.15, 0.2) is 0 Å². The van der Waals surface area contributed by atoms with E-state index in [1.807, 2.05) is 37.2 Å². The first-order valence-electron chi connectivity index (χ1n) is 9.00. The maximum atomic E-state index is 12.5. The predicted octanol–water partition coefficient (Wildman–Crippen LogP) is 3.56. The number of thiazole rings is 1. The number of piperidine rings is 1. The quantitative estimate of drug-likeness (QED) is 0.706. The number of nitrogens with zero attached hydrogens (tertiary/aromatic N) is 3. The maximum Gasteiger partial charge on any atom is 0.227 e. The summed E-state index contributed by atoms with van der Waals surface area (Å²) in [7, 11) is 2.04. The molecule has 1 aliphatic rings. The predicted molar refractivity (Wildman–Crippen MR) is 104 cm³/mol. The Bertz CT molecular complexity index is 922. The van der Waals surface area contributed by atoms with E-state index >= 15 is 0 Å². The summed E-state index contributed by atoms with van der Waals surface area (Å²) in [6.07, 6.45) is 6.23. The number of hydrogen-bond donors (Lipinski definition) is 0. The molecule has 1 fully saturated rings. The normalized spacial score (nSPS) is 15.5. The lowest BCUT2D eigenvalue weighted by Gasteiger charge is -2.32. The summed E-state index contributed by atoms with van der Waals surface area (Å²) in [5.74, 6) is 1.13. The fourth-order valence-electron chi connectivity index (χ4n) is 3.53. The highest BCUT2D eigenvalue weighted by Crippen LogP contribution is 2.28. The van der Waals surface area contributed by atoms with Gasteiger partial charge >= 0.3 is 0 Å². The Morgan fingerprint density at radius 1 is 1.31 bits per heavy atom. The van der Waals surface area contributed by atoms with Gasteiger partial charge in [0.2, 0.25) is 5.91 Å². The number of benzene rings is 1. The molecule has 2 aromatic heterocycles. The van der Waals surface area contributed by atoms with Gasteiger partial charge in [-0.2, -0.15) is 0 Å². The summed E-state index contributed by atoms with van der Waals surface area (Å²) in [6.45, 7) is 3.48. The molecule has 0 spiro atoms. The molecule has 3 aromatic rings. The first kappa shape index (κ1) is 17.1. The highest BCUT2D eigenvalue weighted by Gasteiger charge is 2.24. The molecular weight excluding hydrogens is 346 g/mol. The average molecular weight is 369 g/mol. The number of rotatable bonds is 4. The number of hydrogen-bond acceptors (Lipinski definition) is 4. The molecule has 1 amide bonds. The zero-order valence-corrected chi connectivity index (χ0v) is 16.0. The third kappa shape index (κ3) is 3.46. The molecule has 0 unspecified atom stereocenters. The summed E-state index contributed by atoms with van der Waals surface area (Å²) >= 11 is 1.60. The lowest BCUT2D eigenvalue weighted by atomic mass is 10.1. The molecule has 3 heterocycles. The van der Waals surface area contributed by atoms with Crippen LogP contribution in [-0.4, -0.2) is 39.6 Å². The number of amides is 1. The average Bonchev–Trinajstić information content (AvgIpc) is 3.22. The van der Waals surface area contributed by atoms with E-state index in [9.17, 15) is 4.79 Å². The fraction of sp³-hybridized carbons (Fsp3) is 0.400. The fourth-order valence-corrected chi connectivity index (χ4v) is 4.31. The van der Waals surface area contributed by atoms with Crippen LogP contribution in [0.5, 0.6) is 5.75 Å². The van der Waals surface area contributed by atoms with Crippen molar-refractivity contribution in [3.8, 4) is 5.75 Å². The molecule has 1 aromatic carbocycles. The topological polar surface area (TPSA) is 47.4 Å². The van der Waals surface area contributed by atoms with Crippen molar-refractivity contribution in [3.05, 3.63) is 46.5 Å². The number of carbonyl (C=O) groups is 1. The van der Waals surface area contributed by atoms with Crippen LogP contribution < -0.4 is 4.74 Å². The lowest BCUT2D eigenvalue weighted by molar-refractivity contribution is -0.132. The Balaban J connectivity index is 1.35. The van der Waals surface area contributed by atoms with Crippen LogP contribution in [0.25, 0.3) is 10.9 Å². The van der Waals surface area contributed by atoms with Gasteiger partial charge in [-0.15, -0.1) is 11.3 Å². The Hall–Kier alpha value is -2.34. The van der Waals surface area contributed by atoms with Crippen LogP contribution in [0.15, 0.2) is 36.7 Å². The second-order valence-electron chi connectivity index (χ2n) is 6.84. The molecule has 4 rings (SSSR count).